The Balaban J connectivity index is 1.51. The SMILES string of the molecule is O=S(=O)(CCN[C@H]1CCOC2(CCOCC2)C1)c1ccc(F)cc1. The lowest BCUT2D eigenvalue weighted by molar-refractivity contribution is -0.140. The molecular weight excluding hydrogens is 333 g/mol. The number of ether oxygens (including phenoxy) is 2. The van der Waals surface area contributed by atoms with Crippen molar-refractivity contribution >= 4 is 9.84 Å². The minimum Gasteiger partial charge on any atom is -0.381 e. The highest BCUT2D eigenvalue weighted by molar-refractivity contribution is 7.91. The summed E-state index contributed by atoms with van der Waals surface area (Å²) in [7, 11) is -3.39. The Kier molecular flexibility index (Phi) is 5.54. The van der Waals surface area contributed by atoms with E-state index in [1.807, 2.05) is 0 Å². The number of hydrogen-bond acceptors (Lipinski definition) is 5. The first-order chi connectivity index (χ1) is 11.5. The van der Waals surface area contributed by atoms with E-state index >= 15 is 0 Å². The number of sulfone groups is 1. The molecule has 0 aromatic heterocycles. The summed E-state index contributed by atoms with van der Waals surface area (Å²) in [4.78, 5) is 0.165. The second-order valence-corrected chi connectivity index (χ2v) is 8.67. The van der Waals surface area contributed by atoms with Crippen molar-refractivity contribution in [3.8, 4) is 0 Å². The van der Waals surface area contributed by atoms with Crippen LogP contribution in [0.15, 0.2) is 29.2 Å². The zero-order valence-electron chi connectivity index (χ0n) is 13.7. The second-order valence-electron chi connectivity index (χ2n) is 6.56. The van der Waals surface area contributed by atoms with Gasteiger partial charge in [-0.15, -0.1) is 0 Å². The van der Waals surface area contributed by atoms with Crippen LogP contribution >= 0.6 is 0 Å². The third kappa shape index (κ3) is 4.33. The molecule has 2 saturated heterocycles. The van der Waals surface area contributed by atoms with Crippen LogP contribution in [-0.2, 0) is 19.3 Å². The highest BCUT2D eigenvalue weighted by Gasteiger charge is 2.38. The third-order valence-electron chi connectivity index (χ3n) is 4.87. The van der Waals surface area contributed by atoms with Crippen molar-refractivity contribution < 1.29 is 22.3 Å². The maximum atomic E-state index is 12.9. The Morgan fingerprint density at radius 3 is 2.58 bits per heavy atom. The average Bonchev–Trinajstić information content (AvgIpc) is 2.56. The molecule has 134 valence electrons. The highest BCUT2D eigenvalue weighted by atomic mass is 32.2. The first-order valence-corrected chi connectivity index (χ1v) is 10.1. The molecule has 0 bridgehead atoms. The molecule has 3 rings (SSSR count). The summed E-state index contributed by atoms with van der Waals surface area (Å²) in [6.45, 7) is 2.54. The Labute approximate surface area is 142 Å². The number of nitrogens with one attached hydrogen (secondary N) is 1. The minimum absolute atomic E-state index is 0.00605. The molecule has 0 amide bonds. The largest absolute Gasteiger partial charge is 0.381 e. The second kappa shape index (κ2) is 7.47. The van der Waals surface area contributed by atoms with Gasteiger partial charge in [0, 0.05) is 32.4 Å². The summed E-state index contributed by atoms with van der Waals surface area (Å²) in [6, 6.07) is 5.24. The van der Waals surface area contributed by atoms with Crippen molar-refractivity contribution in [1.29, 1.82) is 0 Å². The lowest BCUT2D eigenvalue weighted by Gasteiger charge is -2.43. The van der Waals surface area contributed by atoms with Crippen LogP contribution in [0.3, 0.4) is 0 Å². The van der Waals surface area contributed by atoms with Gasteiger partial charge in [-0.05, 0) is 49.9 Å². The van der Waals surface area contributed by atoms with E-state index in [-0.39, 0.29) is 22.3 Å². The third-order valence-corrected chi connectivity index (χ3v) is 6.61. The first kappa shape index (κ1) is 17.8. The van der Waals surface area contributed by atoms with Crippen LogP contribution in [0.2, 0.25) is 0 Å². The molecule has 1 spiro atoms. The summed E-state index contributed by atoms with van der Waals surface area (Å²) in [6.07, 6.45) is 3.59. The molecular formula is C17H24FNO4S. The highest BCUT2D eigenvalue weighted by Crippen LogP contribution is 2.34. The quantitative estimate of drug-likeness (QED) is 0.816. The zero-order chi connectivity index (χ0) is 17.0. The van der Waals surface area contributed by atoms with Gasteiger partial charge in [-0.3, -0.25) is 0 Å². The van der Waals surface area contributed by atoms with Gasteiger partial charge in [-0.2, -0.15) is 0 Å². The summed E-state index contributed by atoms with van der Waals surface area (Å²) < 4.78 is 48.9. The van der Waals surface area contributed by atoms with E-state index in [4.69, 9.17) is 9.47 Å². The van der Waals surface area contributed by atoms with Gasteiger partial charge in [0.15, 0.2) is 9.84 Å². The van der Waals surface area contributed by atoms with Crippen LogP contribution in [0, 0.1) is 5.82 Å². The fourth-order valence-electron chi connectivity index (χ4n) is 3.45. The molecule has 0 saturated carbocycles. The number of halogens is 1. The van der Waals surface area contributed by atoms with Crippen LogP contribution in [0.1, 0.15) is 25.7 Å². The van der Waals surface area contributed by atoms with Gasteiger partial charge in [0.05, 0.1) is 16.2 Å². The van der Waals surface area contributed by atoms with Gasteiger partial charge in [0.2, 0.25) is 0 Å². The predicted octanol–water partition coefficient (Wildman–Crippen LogP) is 1.92. The van der Waals surface area contributed by atoms with Crippen molar-refractivity contribution in [1.82, 2.24) is 5.32 Å². The van der Waals surface area contributed by atoms with Crippen LogP contribution in [0.5, 0.6) is 0 Å². The number of hydrogen-bond donors (Lipinski definition) is 1. The summed E-state index contributed by atoms with van der Waals surface area (Å²) in [5.41, 5.74) is -0.107. The molecule has 1 N–H and O–H groups in total. The molecule has 0 radical (unpaired) electrons. The standard InChI is InChI=1S/C17H24FNO4S/c18-14-1-3-16(4-2-14)24(20,21)12-8-19-15-5-9-23-17(13-15)6-10-22-11-7-17/h1-4,15,19H,5-13H2/t15-/m0/s1. The lowest BCUT2D eigenvalue weighted by atomic mass is 9.84. The van der Waals surface area contributed by atoms with Gasteiger partial charge in [0.25, 0.3) is 0 Å². The van der Waals surface area contributed by atoms with Crippen molar-refractivity contribution in [3.05, 3.63) is 30.1 Å². The van der Waals surface area contributed by atoms with Crippen LogP contribution < -0.4 is 5.32 Å². The summed E-state index contributed by atoms with van der Waals surface area (Å²) >= 11 is 0. The molecule has 2 heterocycles. The molecule has 2 fully saturated rings. The van der Waals surface area contributed by atoms with E-state index in [1.165, 1.54) is 24.3 Å². The smallest absolute Gasteiger partial charge is 0.179 e. The molecule has 5 nitrogen and oxygen atoms in total. The fourth-order valence-corrected chi connectivity index (χ4v) is 4.62. The fraction of sp³-hybridized carbons (Fsp3) is 0.647. The topological polar surface area (TPSA) is 64.6 Å². The molecule has 1 atom stereocenters. The van der Waals surface area contributed by atoms with E-state index in [2.05, 4.69) is 5.32 Å². The Morgan fingerprint density at radius 2 is 1.88 bits per heavy atom. The molecule has 1 aromatic carbocycles. The van der Waals surface area contributed by atoms with Crippen molar-refractivity contribution in [2.75, 3.05) is 32.1 Å². The van der Waals surface area contributed by atoms with E-state index in [0.717, 1.165) is 38.9 Å². The van der Waals surface area contributed by atoms with Gasteiger partial charge in [0.1, 0.15) is 5.82 Å². The molecule has 24 heavy (non-hydrogen) atoms. The first-order valence-electron chi connectivity index (χ1n) is 8.43. The van der Waals surface area contributed by atoms with Crippen LogP contribution in [0.25, 0.3) is 0 Å². The molecule has 2 aliphatic heterocycles. The summed E-state index contributed by atoms with van der Waals surface area (Å²) in [5, 5.41) is 3.36. The number of benzene rings is 1. The Hall–Kier alpha value is -1.02. The predicted molar refractivity (Wildman–Crippen MR) is 88.2 cm³/mol. The zero-order valence-corrected chi connectivity index (χ0v) is 14.5. The van der Waals surface area contributed by atoms with Crippen LogP contribution in [0.4, 0.5) is 4.39 Å². The Morgan fingerprint density at radius 1 is 1.17 bits per heavy atom. The normalized spacial score (nSPS) is 24.1. The maximum absolute atomic E-state index is 12.9. The van der Waals surface area contributed by atoms with Crippen molar-refractivity contribution in [3.63, 3.8) is 0 Å². The average molecular weight is 357 g/mol. The molecule has 2 aliphatic rings. The van der Waals surface area contributed by atoms with Crippen LogP contribution in [-0.4, -0.2) is 52.2 Å². The van der Waals surface area contributed by atoms with E-state index in [9.17, 15) is 12.8 Å². The molecule has 0 unspecified atom stereocenters. The lowest BCUT2D eigenvalue weighted by Crippen LogP contribution is -2.50. The van der Waals surface area contributed by atoms with E-state index < -0.39 is 15.7 Å². The monoisotopic (exact) mass is 357 g/mol. The van der Waals surface area contributed by atoms with Gasteiger partial charge < -0.3 is 14.8 Å². The van der Waals surface area contributed by atoms with Gasteiger partial charge in [-0.25, -0.2) is 12.8 Å². The van der Waals surface area contributed by atoms with Crippen molar-refractivity contribution in [2.24, 2.45) is 0 Å². The number of rotatable bonds is 5. The van der Waals surface area contributed by atoms with E-state index in [1.54, 1.807) is 0 Å². The van der Waals surface area contributed by atoms with E-state index in [0.29, 0.717) is 13.2 Å². The molecule has 1 aromatic rings. The minimum atomic E-state index is -3.39. The van der Waals surface area contributed by atoms with Gasteiger partial charge in [-0.1, -0.05) is 0 Å². The Bertz CT molecular complexity index is 636. The molecule has 7 heteroatoms. The molecule has 0 aliphatic carbocycles. The van der Waals surface area contributed by atoms with Crippen molar-refractivity contribution in [2.45, 2.75) is 42.2 Å². The maximum Gasteiger partial charge on any atom is 0.179 e. The summed E-state index contributed by atoms with van der Waals surface area (Å²) in [5.74, 6) is -0.428. The van der Waals surface area contributed by atoms with Gasteiger partial charge >= 0.3 is 0 Å².